The molecule has 7 nitrogen and oxygen atoms in total. The molecule has 144 valence electrons. The summed E-state index contributed by atoms with van der Waals surface area (Å²) in [4.78, 5) is 9.18. The standard InChI is InChI=1S/C19H32N6O/c1-6-16-15(17(7-2)26-24-16)11-22-19(20-8-3)23-12-18-21-9-10-25(18)13-14(4)5/h9-10,14H,6-8,11-13H2,1-5H3,(H2,20,22,23). The molecule has 0 bridgehead atoms. The first-order chi connectivity index (χ1) is 12.6. The van der Waals surface area contributed by atoms with Gasteiger partial charge in [0.2, 0.25) is 0 Å². The highest BCUT2D eigenvalue weighted by Crippen LogP contribution is 2.16. The third kappa shape index (κ3) is 5.34. The molecule has 26 heavy (non-hydrogen) atoms. The van der Waals surface area contributed by atoms with Crippen LogP contribution in [0.3, 0.4) is 0 Å². The predicted molar refractivity (Wildman–Crippen MR) is 104 cm³/mol. The fraction of sp³-hybridized carbons (Fsp3) is 0.632. The Hall–Kier alpha value is -2.31. The van der Waals surface area contributed by atoms with Crippen molar-refractivity contribution < 1.29 is 4.52 Å². The highest BCUT2D eigenvalue weighted by atomic mass is 16.5. The van der Waals surface area contributed by atoms with Crippen molar-refractivity contribution in [1.82, 2.24) is 25.3 Å². The molecule has 2 heterocycles. The fourth-order valence-corrected chi connectivity index (χ4v) is 2.85. The van der Waals surface area contributed by atoms with Crippen molar-refractivity contribution in [2.45, 2.75) is 67.1 Å². The zero-order valence-electron chi connectivity index (χ0n) is 16.7. The summed E-state index contributed by atoms with van der Waals surface area (Å²) >= 11 is 0. The first kappa shape index (κ1) is 20.0. The van der Waals surface area contributed by atoms with Crippen LogP contribution < -0.4 is 10.6 Å². The SMILES string of the molecule is CCNC(=NCc1c(CC)noc1CC)NCc1nccn1CC(C)C. The van der Waals surface area contributed by atoms with Crippen LogP contribution in [0, 0.1) is 5.92 Å². The second-order valence-electron chi connectivity index (χ2n) is 6.68. The molecule has 2 aromatic heterocycles. The predicted octanol–water partition coefficient (Wildman–Crippen LogP) is 2.91. The molecule has 0 aromatic carbocycles. The van der Waals surface area contributed by atoms with Gasteiger partial charge < -0.3 is 19.7 Å². The summed E-state index contributed by atoms with van der Waals surface area (Å²) < 4.78 is 7.61. The smallest absolute Gasteiger partial charge is 0.191 e. The van der Waals surface area contributed by atoms with E-state index < -0.39 is 0 Å². The van der Waals surface area contributed by atoms with Gasteiger partial charge in [0.05, 0.1) is 18.8 Å². The van der Waals surface area contributed by atoms with Crippen LogP contribution in [0.5, 0.6) is 0 Å². The zero-order chi connectivity index (χ0) is 18.9. The lowest BCUT2D eigenvalue weighted by Gasteiger charge is -2.13. The third-order valence-corrected chi connectivity index (χ3v) is 4.12. The van der Waals surface area contributed by atoms with Crippen LogP contribution in [0.4, 0.5) is 0 Å². The minimum Gasteiger partial charge on any atom is -0.361 e. The maximum atomic E-state index is 5.43. The van der Waals surface area contributed by atoms with E-state index in [4.69, 9.17) is 9.52 Å². The maximum absolute atomic E-state index is 5.43. The largest absolute Gasteiger partial charge is 0.361 e. The second kappa shape index (κ2) is 9.99. The average molecular weight is 361 g/mol. The van der Waals surface area contributed by atoms with Crippen molar-refractivity contribution in [2.75, 3.05) is 6.54 Å². The van der Waals surface area contributed by atoms with E-state index in [0.29, 0.717) is 19.0 Å². The van der Waals surface area contributed by atoms with Crippen LogP contribution in [0.1, 0.15) is 57.5 Å². The first-order valence-electron chi connectivity index (χ1n) is 9.57. The Morgan fingerprint density at radius 2 is 2.04 bits per heavy atom. The monoisotopic (exact) mass is 360 g/mol. The van der Waals surface area contributed by atoms with Gasteiger partial charge in [-0.3, -0.25) is 0 Å². The van der Waals surface area contributed by atoms with E-state index in [1.165, 1.54) is 0 Å². The highest BCUT2D eigenvalue weighted by molar-refractivity contribution is 5.79. The number of aromatic nitrogens is 3. The Morgan fingerprint density at radius 3 is 2.69 bits per heavy atom. The number of aryl methyl sites for hydroxylation is 2. The van der Waals surface area contributed by atoms with Crippen LogP contribution in [-0.4, -0.2) is 27.2 Å². The molecular formula is C19H32N6O. The number of nitrogens with one attached hydrogen (secondary N) is 2. The molecule has 0 atom stereocenters. The quantitative estimate of drug-likeness (QED) is 0.531. The Morgan fingerprint density at radius 1 is 1.23 bits per heavy atom. The fourth-order valence-electron chi connectivity index (χ4n) is 2.85. The number of nitrogens with zero attached hydrogens (tertiary/aromatic N) is 4. The van der Waals surface area contributed by atoms with Gasteiger partial charge in [0.25, 0.3) is 0 Å². The Kier molecular flexibility index (Phi) is 7.69. The van der Waals surface area contributed by atoms with E-state index in [9.17, 15) is 0 Å². The molecule has 2 N–H and O–H groups in total. The van der Waals surface area contributed by atoms with E-state index in [-0.39, 0.29) is 0 Å². The molecule has 0 aliphatic rings. The van der Waals surface area contributed by atoms with E-state index in [2.05, 4.69) is 60.0 Å². The van der Waals surface area contributed by atoms with Crippen molar-refractivity contribution >= 4 is 5.96 Å². The topological polar surface area (TPSA) is 80.3 Å². The van der Waals surface area contributed by atoms with Gasteiger partial charge in [-0.1, -0.05) is 32.9 Å². The summed E-state index contributed by atoms with van der Waals surface area (Å²) in [6.07, 6.45) is 5.56. The summed E-state index contributed by atoms with van der Waals surface area (Å²) in [5.74, 6) is 3.29. The number of aliphatic imine (C=N–C) groups is 1. The van der Waals surface area contributed by atoms with Crippen molar-refractivity contribution in [2.24, 2.45) is 10.9 Å². The molecule has 0 spiro atoms. The number of hydrogen-bond donors (Lipinski definition) is 2. The molecule has 2 aromatic rings. The zero-order valence-corrected chi connectivity index (χ0v) is 16.7. The lowest BCUT2D eigenvalue weighted by Crippen LogP contribution is -2.37. The van der Waals surface area contributed by atoms with Gasteiger partial charge in [-0.2, -0.15) is 0 Å². The van der Waals surface area contributed by atoms with Crippen LogP contribution >= 0.6 is 0 Å². The minimum absolute atomic E-state index is 0.561. The molecule has 0 aliphatic carbocycles. The van der Waals surface area contributed by atoms with Gasteiger partial charge in [-0.15, -0.1) is 0 Å². The van der Waals surface area contributed by atoms with Crippen LogP contribution in [0.15, 0.2) is 21.9 Å². The van der Waals surface area contributed by atoms with E-state index in [0.717, 1.165) is 54.7 Å². The summed E-state index contributed by atoms with van der Waals surface area (Å²) in [7, 11) is 0. The molecule has 0 saturated heterocycles. The van der Waals surface area contributed by atoms with Crippen molar-refractivity contribution in [3.8, 4) is 0 Å². The Labute approximate surface area is 156 Å². The molecule has 0 radical (unpaired) electrons. The molecule has 2 rings (SSSR count). The molecule has 7 heteroatoms. The second-order valence-corrected chi connectivity index (χ2v) is 6.68. The summed E-state index contributed by atoms with van der Waals surface area (Å²) in [5.41, 5.74) is 2.10. The Balaban J connectivity index is 2.06. The highest BCUT2D eigenvalue weighted by Gasteiger charge is 2.13. The first-order valence-corrected chi connectivity index (χ1v) is 9.57. The molecule has 0 unspecified atom stereocenters. The molecule has 0 fully saturated rings. The lowest BCUT2D eigenvalue weighted by atomic mass is 10.1. The number of rotatable bonds is 9. The Bertz CT molecular complexity index is 679. The van der Waals surface area contributed by atoms with Gasteiger partial charge in [-0.25, -0.2) is 9.98 Å². The van der Waals surface area contributed by atoms with Crippen molar-refractivity contribution in [1.29, 1.82) is 0 Å². The lowest BCUT2D eigenvalue weighted by molar-refractivity contribution is 0.380. The number of hydrogen-bond acceptors (Lipinski definition) is 4. The van der Waals surface area contributed by atoms with Gasteiger partial charge in [-0.05, 0) is 19.3 Å². The van der Waals surface area contributed by atoms with Crippen LogP contribution in [-0.2, 0) is 32.5 Å². The van der Waals surface area contributed by atoms with E-state index in [1.807, 2.05) is 12.4 Å². The molecular weight excluding hydrogens is 328 g/mol. The molecule has 0 amide bonds. The van der Waals surface area contributed by atoms with Gasteiger partial charge in [0.15, 0.2) is 5.96 Å². The van der Waals surface area contributed by atoms with Gasteiger partial charge >= 0.3 is 0 Å². The van der Waals surface area contributed by atoms with Gasteiger partial charge in [0.1, 0.15) is 11.6 Å². The minimum atomic E-state index is 0.561. The molecule has 0 aliphatic heterocycles. The van der Waals surface area contributed by atoms with Crippen molar-refractivity contribution in [3.05, 3.63) is 35.2 Å². The summed E-state index contributed by atoms with van der Waals surface area (Å²) in [6.45, 7) is 13.6. The summed E-state index contributed by atoms with van der Waals surface area (Å²) in [5, 5.41) is 10.8. The van der Waals surface area contributed by atoms with Gasteiger partial charge in [0, 0.05) is 37.5 Å². The average Bonchev–Trinajstić information content (AvgIpc) is 3.22. The number of imidazole rings is 1. The number of guanidine groups is 1. The normalized spacial score (nSPS) is 12.0. The van der Waals surface area contributed by atoms with Crippen LogP contribution in [0.2, 0.25) is 0 Å². The molecule has 0 saturated carbocycles. The van der Waals surface area contributed by atoms with E-state index in [1.54, 1.807) is 0 Å². The maximum Gasteiger partial charge on any atom is 0.191 e. The van der Waals surface area contributed by atoms with Crippen molar-refractivity contribution in [3.63, 3.8) is 0 Å². The third-order valence-electron chi connectivity index (χ3n) is 4.12. The van der Waals surface area contributed by atoms with Crippen LogP contribution in [0.25, 0.3) is 0 Å². The summed E-state index contributed by atoms with van der Waals surface area (Å²) in [6, 6.07) is 0. The van der Waals surface area contributed by atoms with E-state index >= 15 is 0 Å².